The van der Waals surface area contributed by atoms with Gasteiger partial charge in [-0.1, -0.05) is 60.6 Å². The van der Waals surface area contributed by atoms with Gasteiger partial charge >= 0.3 is 5.97 Å². The molecule has 1 aliphatic heterocycles. The lowest BCUT2D eigenvalue weighted by Gasteiger charge is -2.23. The highest BCUT2D eigenvalue weighted by atomic mass is 127. The molecule has 0 bridgehead atoms. The topological polar surface area (TPSA) is 76.0 Å². The zero-order valence-corrected chi connectivity index (χ0v) is 19.9. The molecule has 1 saturated carbocycles. The van der Waals surface area contributed by atoms with Crippen molar-refractivity contribution in [1.29, 1.82) is 0 Å². The third-order valence-electron chi connectivity index (χ3n) is 6.41. The van der Waals surface area contributed by atoms with Gasteiger partial charge in [0.2, 0.25) is 0 Å². The molecule has 0 aromatic heterocycles. The van der Waals surface area contributed by atoms with E-state index < -0.39 is 5.60 Å². The summed E-state index contributed by atoms with van der Waals surface area (Å²) in [7, 11) is 1.42. The summed E-state index contributed by atoms with van der Waals surface area (Å²) in [6, 6.07) is 0. The lowest BCUT2D eigenvalue weighted by atomic mass is 9.87. The first kappa shape index (κ1) is 24.8. The Morgan fingerprint density at radius 3 is 2.83 bits per heavy atom. The predicted molar refractivity (Wildman–Crippen MR) is 123 cm³/mol. The van der Waals surface area contributed by atoms with Crippen molar-refractivity contribution in [1.82, 2.24) is 0 Å². The highest BCUT2D eigenvalue weighted by Crippen LogP contribution is 2.46. The minimum Gasteiger partial charge on any atom is -0.469 e. The molecule has 2 rings (SSSR count). The van der Waals surface area contributed by atoms with E-state index >= 15 is 0 Å². The predicted octanol–water partition coefficient (Wildman–Crippen LogP) is 4.34. The highest BCUT2D eigenvalue weighted by molar-refractivity contribution is 14.1. The summed E-state index contributed by atoms with van der Waals surface area (Å²) in [5, 5.41) is 21.2. The smallest absolute Gasteiger partial charge is 0.305 e. The second kappa shape index (κ2) is 11.8. The number of hydrogen-bond donors (Lipinski definition) is 2. The van der Waals surface area contributed by atoms with E-state index in [1.165, 1.54) is 7.11 Å². The van der Waals surface area contributed by atoms with Gasteiger partial charge in [0.15, 0.2) is 0 Å². The molecule has 2 N–H and O–H groups in total. The van der Waals surface area contributed by atoms with Crippen LogP contribution in [-0.2, 0) is 14.3 Å². The van der Waals surface area contributed by atoms with Crippen LogP contribution in [0.1, 0.15) is 64.7 Å². The maximum absolute atomic E-state index is 11.3. The van der Waals surface area contributed by atoms with Crippen LogP contribution in [0.3, 0.4) is 0 Å². The molecule has 3 unspecified atom stereocenters. The van der Waals surface area contributed by atoms with Gasteiger partial charge in [0.25, 0.3) is 0 Å². The zero-order chi connectivity index (χ0) is 21.4. The first-order valence-electron chi connectivity index (χ1n) is 10.9. The average molecular weight is 520 g/mol. The summed E-state index contributed by atoms with van der Waals surface area (Å²) < 4.78 is 11.3. The van der Waals surface area contributed by atoms with E-state index in [9.17, 15) is 15.0 Å². The molecule has 1 saturated heterocycles. The van der Waals surface area contributed by atoms with E-state index in [4.69, 9.17) is 9.47 Å². The molecule has 1 aliphatic carbocycles. The number of unbranched alkanes of at least 4 members (excludes halogenated alkanes) is 1. The van der Waals surface area contributed by atoms with Crippen molar-refractivity contribution in [2.45, 2.75) is 92.5 Å². The fourth-order valence-electron chi connectivity index (χ4n) is 4.55. The maximum Gasteiger partial charge on any atom is 0.305 e. The molecule has 7 atom stereocenters. The summed E-state index contributed by atoms with van der Waals surface area (Å²) >= 11 is 2.43. The number of rotatable bonds is 12. The first-order valence-corrected chi connectivity index (χ1v) is 12.1. The molecular formula is C23H37IO5. The molecule has 0 spiro atoms. The van der Waals surface area contributed by atoms with Gasteiger partial charge in [-0.15, -0.1) is 6.58 Å². The van der Waals surface area contributed by atoms with E-state index in [1.54, 1.807) is 6.08 Å². The number of fused-ring (bicyclic) bond motifs is 1. The Kier molecular flexibility index (Phi) is 10.1. The van der Waals surface area contributed by atoms with Gasteiger partial charge in [-0.25, -0.2) is 0 Å². The molecular weight excluding hydrogens is 483 g/mol. The van der Waals surface area contributed by atoms with Crippen LogP contribution in [0.4, 0.5) is 0 Å². The minimum atomic E-state index is -0.864. The Bertz CT molecular complexity index is 565. The van der Waals surface area contributed by atoms with Crippen molar-refractivity contribution < 1.29 is 24.5 Å². The monoisotopic (exact) mass is 520 g/mol. The fourth-order valence-corrected chi connectivity index (χ4v) is 5.45. The standard InChI is InChI=1S/C23H37IO5/c1-4-6-12-23(27,5-2)13-8-9-16-17-14-21(29-20(17)15-19(16)25)18(24)10-7-11-22(26)28-3/h5,8-9,16-21,25,27H,2,4,6-7,10-15H2,1,3H3/b9-8+/t16-,17-,18?,19-,20-,21?,23?/m1/s1. The molecule has 166 valence electrons. The van der Waals surface area contributed by atoms with E-state index in [0.717, 1.165) is 32.1 Å². The first-order chi connectivity index (χ1) is 13.8. The van der Waals surface area contributed by atoms with Crippen LogP contribution in [0.2, 0.25) is 0 Å². The number of hydrogen-bond acceptors (Lipinski definition) is 5. The van der Waals surface area contributed by atoms with Crippen LogP contribution in [0, 0.1) is 11.8 Å². The van der Waals surface area contributed by atoms with Gasteiger partial charge in [0.05, 0.1) is 31.0 Å². The normalized spacial score (nSPS) is 32.1. The van der Waals surface area contributed by atoms with Gasteiger partial charge in [-0.05, 0) is 38.0 Å². The Hall–Kier alpha value is -0.440. The number of aliphatic hydroxyl groups is 2. The number of carbonyl (C=O) groups is 1. The maximum atomic E-state index is 11.3. The molecule has 5 nitrogen and oxygen atoms in total. The summed E-state index contributed by atoms with van der Waals surface area (Å²) in [5.41, 5.74) is -0.864. The van der Waals surface area contributed by atoms with Crippen LogP contribution >= 0.6 is 22.6 Å². The molecule has 0 aromatic rings. The molecule has 1 heterocycles. The molecule has 29 heavy (non-hydrogen) atoms. The lowest BCUT2D eigenvalue weighted by Crippen LogP contribution is -2.25. The third kappa shape index (κ3) is 7.04. The summed E-state index contributed by atoms with van der Waals surface area (Å²) in [4.78, 5) is 11.3. The summed E-state index contributed by atoms with van der Waals surface area (Å²) in [6.07, 6.45) is 12.7. The minimum absolute atomic E-state index is 0.0731. The Morgan fingerprint density at radius 2 is 2.17 bits per heavy atom. The SMILES string of the molecule is C=CC(O)(C/C=C/[C@@H]1[C@H]2CC(C(I)CCCC(=O)OC)O[C@@H]2C[C@H]1O)CCCC. The number of methoxy groups -OCH3 is 1. The molecule has 6 heteroatoms. The van der Waals surface area contributed by atoms with Crippen molar-refractivity contribution in [2.75, 3.05) is 7.11 Å². The highest BCUT2D eigenvalue weighted by Gasteiger charge is 2.49. The average Bonchev–Trinajstić information content (AvgIpc) is 3.24. The molecule has 2 fully saturated rings. The number of alkyl halides is 1. The van der Waals surface area contributed by atoms with E-state index in [2.05, 4.69) is 42.2 Å². The van der Waals surface area contributed by atoms with Crippen molar-refractivity contribution >= 4 is 28.6 Å². The van der Waals surface area contributed by atoms with Gasteiger partial charge in [-0.3, -0.25) is 4.79 Å². The van der Waals surface area contributed by atoms with Crippen molar-refractivity contribution in [2.24, 2.45) is 11.8 Å². The van der Waals surface area contributed by atoms with Crippen molar-refractivity contribution in [3.05, 3.63) is 24.8 Å². The Morgan fingerprint density at radius 1 is 1.41 bits per heavy atom. The number of halogens is 1. The van der Waals surface area contributed by atoms with E-state index in [-0.39, 0.29) is 30.2 Å². The number of aliphatic hydroxyl groups excluding tert-OH is 1. The Labute approximate surface area is 189 Å². The van der Waals surface area contributed by atoms with Crippen LogP contribution in [0.15, 0.2) is 24.8 Å². The Balaban J connectivity index is 1.87. The van der Waals surface area contributed by atoms with E-state index in [0.29, 0.717) is 35.5 Å². The molecule has 2 aliphatic rings. The number of esters is 1. The second-order valence-electron chi connectivity index (χ2n) is 8.52. The second-order valence-corrected chi connectivity index (χ2v) is 10.1. The zero-order valence-electron chi connectivity index (χ0n) is 17.8. The number of carbonyl (C=O) groups excluding carboxylic acids is 1. The lowest BCUT2D eigenvalue weighted by molar-refractivity contribution is -0.140. The quantitative estimate of drug-likeness (QED) is 0.173. The third-order valence-corrected chi connectivity index (χ3v) is 7.83. The molecule has 0 amide bonds. The largest absolute Gasteiger partial charge is 0.469 e. The summed E-state index contributed by atoms with van der Waals surface area (Å²) in [6.45, 7) is 5.90. The van der Waals surface area contributed by atoms with E-state index in [1.807, 2.05) is 6.08 Å². The summed E-state index contributed by atoms with van der Waals surface area (Å²) in [5.74, 6) is 0.227. The van der Waals surface area contributed by atoms with Gasteiger partial charge < -0.3 is 19.7 Å². The van der Waals surface area contributed by atoms with Gasteiger partial charge in [0.1, 0.15) is 0 Å². The van der Waals surface area contributed by atoms with Crippen LogP contribution < -0.4 is 0 Å². The van der Waals surface area contributed by atoms with Gasteiger partial charge in [0, 0.05) is 22.7 Å². The van der Waals surface area contributed by atoms with Crippen LogP contribution in [0.25, 0.3) is 0 Å². The van der Waals surface area contributed by atoms with Crippen LogP contribution in [0.5, 0.6) is 0 Å². The molecule has 0 aromatic carbocycles. The van der Waals surface area contributed by atoms with Crippen LogP contribution in [-0.4, -0.2) is 51.1 Å². The fraction of sp³-hybridized carbons (Fsp3) is 0.783. The molecule has 0 radical (unpaired) electrons. The van der Waals surface area contributed by atoms with Gasteiger partial charge in [-0.2, -0.15) is 0 Å². The van der Waals surface area contributed by atoms with Crippen molar-refractivity contribution in [3.63, 3.8) is 0 Å². The van der Waals surface area contributed by atoms with Crippen molar-refractivity contribution in [3.8, 4) is 0 Å². The number of ether oxygens (including phenoxy) is 2.